The molecule has 22 heavy (non-hydrogen) atoms. The van der Waals surface area contributed by atoms with E-state index in [9.17, 15) is 13.2 Å². The number of nitrogens with one attached hydrogen (secondary N) is 1. The van der Waals surface area contributed by atoms with Crippen LogP contribution in [0.3, 0.4) is 0 Å². The predicted molar refractivity (Wildman–Crippen MR) is 81.1 cm³/mol. The van der Waals surface area contributed by atoms with Gasteiger partial charge in [0.15, 0.2) is 9.84 Å². The van der Waals surface area contributed by atoms with Crippen LogP contribution >= 0.6 is 0 Å². The van der Waals surface area contributed by atoms with Gasteiger partial charge in [0.2, 0.25) is 5.91 Å². The molecule has 116 valence electrons. The number of benzene rings is 1. The number of anilines is 1. The van der Waals surface area contributed by atoms with E-state index in [2.05, 4.69) is 27.4 Å². The number of amides is 1. The highest BCUT2D eigenvalue weighted by Gasteiger charge is 2.12. The third kappa shape index (κ3) is 3.76. The van der Waals surface area contributed by atoms with Crippen LogP contribution in [0.25, 0.3) is 5.69 Å². The first-order chi connectivity index (χ1) is 10.4. The fourth-order valence-electron chi connectivity index (χ4n) is 1.81. The smallest absolute Gasteiger partial charge is 0.225 e. The third-order valence-corrected chi connectivity index (χ3v) is 4.32. The number of aromatic nitrogens is 4. The molecule has 1 aromatic heterocycles. The summed E-state index contributed by atoms with van der Waals surface area (Å²) in [5, 5.41) is 14.5. The molecule has 0 spiro atoms. The van der Waals surface area contributed by atoms with Crippen LogP contribution < -0.4 is 5.32 Å². The molecule has 1 N–H and O–H groups in total. The van der Waals surface area contributed by atoms with Crippen molar-refractivity contribution in [2.75, 3.05) is 11.1 Å². The molecule has 0 unspecified atom stereocenters. The van der Waals surface area contributed by atoms with E-state index in [1.54, 1.807) is 12.1 Å². The number of tetrazole rings is 1. The molecule has 0 saturated heterocycles. The molecule has 8 nitrogen and oxygen atoms in total. The molecular formula is C13H15N5O3S. The molecular weight excluding hydrogens is 306 g/mol. The molecule has 0 fully saturated rings. The average molecular weight is 321 g/mol. The minimum Gasteiger partial charge on any atom is -0.326 e. The van der Waals surface area contributed by atoms with Gasteiger partial charge in [-0.3, -0.25) is 4.79 Å². The lowest BCUT2D eigenvalue weighted by Crippen LogP contribution is -2.17. The van der Waals surface area contributed by atoms with Crippen molar-refractivity contribution in [1.29, 1.82) is 0 Å². The Morgan fingerprint density at radius 3 is 2.86 bits per heavy atom. The Morgan fingerprint density at radius 2 is 2.23 bits per heavy atom. The van der Waals surface area contributed by atoms with Crippen LogP contribution in [-0.4, -0.2) is 40.3 Å². The maximum atomic E-state index is 11.9. The summed E-state index contributed by atoms with van der Waals surface area (Å²) in [6.45, 7) is 5.02. The van der Waals surface area contributed by atoms with Crippen molar-refractivity contribution in [3.05, 3.63) is 42.1 Å². The van der Waals surface area contributed by atoms with E-state index >= 15 is 0 Å². The fraction of sp³-hybridized carbons (Fsp3) is 0.231. The monoisotopic (exact) mass is 321 g/mol. The van der Waals surface area contributed by atoms with E-state index in [1.165, 1.54) is 11.0 Å². The van der Waals surface area contributed by atoms with Gasteiger partial charge in [-0.1, -0.05) is 12.6 Å². The molecule has 9 heteroatoms. The number of hydrogen-bond acceptors (Lipinski definition) is 6. The number of carbonyl (C=O) groups excluding carboxylic acids is 1. The third-order valence-electron chi connectivity index (χ3n) is 3.04. The molecule has 0 atom stereocenters. The SMILES string of the molecule is C=CS(=O)(=O)CCC(=O)Nc1cccc(-n2cnnn2)c1C. The van der Waals surface area contributed by atoms with E-state index in [-0.39, 0.29) is 18.1 Å². The van der Waals surface area contributed by atoms with Gasteiger partial charge in [0.25, 0.3) is 0 Å². The predicted octanol–water partition coefficient (Wildman–Crippen LogP) is 0.858. The Hall–Kier alpha value is -2.55. The minimum atomic E-state index is -3.39. The zero-order chi connectivity index (χ0) is 16.2. The zero-order valence-electron chi connectivity index (χ0n) is 11.9. The van der Waals surface area contributed by atoms with Gasteiger partial charge in [0.05, 0.1) is 11.4 Å². The van der Waals surface area contributed by atoms with Gasteiger partial charge in [-0.2, -0.15) is 0 Å². The first kappa shape index (κ1) is 15.8. The van der Waals surface area contributed by atoms with Crippen LogP contribution in [0.4, 0.5) is 5.69 Å². The van der Waals surface area contributed by atoms with Gasteiger partial charge in [0, 0.05) is 17.5 Å². The van der Waals surface area contributed by atoms with E-state index < -0.39 is 9.84 Å². The van der Waals surface area contributed by atoms with Crippen molar-refractivity contribution in [3.63, 3.8) is 0 Å². The Labute approximate surface area is 127 Å². The summed E-state index contributed by atoms with van der Waals surface area (Å²) in [6.07, 6.45) is 1.31. The number of rotatable bonds is 6. The van der Waals surface area contributed by atoms with Gasteiger partial charge in [-0.15, -0.1) is 5.10 Å². The van der Waals surface area contributed by atoms with Crippen LogP contribution in [0.2, 0.25) is 0 Å². The Kier molecular flexibility index (Phi) is 4.66. The summed E-state index contributed by atoms with van der Waals surface area (Å²) in [6, 6.07) is 5.28. The lowest BCUT2D eigenvalue weighted by molar-refractivity contribution is -0.115. The first-order valence-corrected chi connectivity index (χ1v) is 8.12. The van der Waals surface area contributed by atoms with Gasteiger partial charge < -0.3 is 5.32 Å². The van der Waals surface area contributed by atoms with E-state index in [0.29, 0.717) is 5.69 Å². The summed E-state index contributed by atoms with van der Waals surface area (Å²) in [4.78, 5) is 11.9. The molecule has 1 amide bonds. The highest BCUT2D eigenvalue weighted by molar-refractivity contribution is 7.94. The van der Waals surface area contributed by atoms with Crippen molar-refractivity contribution in [1.82, 2.24) is 20.2 Å². The summed E-state index contributed by atoms with van der Waals surface area (Å²) >= 11 is 0. The molecule has 2 rings (SSSR count). The number of nitrogens with zero attached hydrogens (tertiary/aromatic N) is 4. The zero-order valence-corrected chi connectivity index (χ0v) is 12.7. The standard InChI is InChI=1S/C13H15N5O3S/c1-3-22(20,21)8-7-13(19)15-11-5-4-6-12(10(11)2)18-9-14-16-17-18/h3-6,9H,1,7-8H2,2H3,(H,15,19). The molecule has 1 aromatic carbocycles. The van der Waals surface area contributed by atoms with Crippen LogP contribution in [-0.2, 0) is 14.6 Å². The largest absolute Gasteiger partial charge is 0.326 e. The lowest BCUT2D eigenvalue weighted by Gasteiger charge is -2.11. The number of carbonyl (C=O) groups is 1. The highest BCUT2D eigenvalue weighted by Crippen LogP contribution is 2.21. The molecule has 0 bridgehead atoms. The Bertz CT molecular complexity index is 784. The number of sulfone groups is 1. The van der Waals surface area contributed by atoms with Crippen LogP contribution in [0.1, 0.15) is 12.0 Å². The second-order valence-corrected chi connectivity index (χ2v) is 6.60. The van der Waals surface area contributed by atoms with Crippen molar-refractivity contribution >= 4 is 21.4 Å². The summed E-state index contributed by atoms with van der Waals surface area (Å²) in [5.74, 6) is -0.656. The van der Waals surface area contributed by atoms with Gasteiger partial charge in [-0.05, 0) is 35.0 Å². The molecule has 0 aliphatic rings. The minimum absolute atomic E-state index is 0.136. The van der Waals surface area contributed by atoms with Crippen LogP contribution in [0.5, 0.6) is 0 Å². The van der Waals surface area contributed by atoms with Crippen molar-refractivity contribution in [2.45, 2.75) is 13.3 Å². The van der Waals surface area contributed by atoms with E-state index in [4.69, 9.17) is 0 Å². The van der Waals surface area contributed by atoms with Crippen LogP contribution in [0, 0.1) is 6.92 Å². The van der Waals surface area contributed by atoms with E-state index in [1.807, 2.05) is 13.0 Å². The lowest BCUT2D eigenvalue weighted by atomic mass is 10.1. The van der Waals surface area contributed by atoms with Gasteiger partial charge >= 0.3 is 0 Å². The maximum absolute atomic E-state index is 11.9. The van der Waals surface area contributed by atoms with E-state index in [0.717, 1.165) is 16.7 Å². The Morgan fingerprint density at radius 1 is 1.45 bits per heavy atom. The highest BCUT2D eigenvalue weighted by atomic mass is 32.2. The Balaban J connectivity index is 2.12. The van der Waals surface area contributed by atoms with Crippen LogP contribution in [0.15, 0.2) is 36.5 Å². The van der Waals surface area contributed by atoms with Crippen molar-refractivity contribution < 1.29 is 13.2 Å². The van der Waals surface area contributed by atoms with Gasteiger partial charge in [0.1, 0.15) is 6.33 Å². The molecule has 0 radical (unpaired) electrons. The van der Waals surface area contributed by atoms with Crippen molar-refractivity contribution in [3.8, 4) is 5.69 Å². The summed E-state index contributed by atoms with van der Waals surface area (Å²) < 4.78 is 24.1. The summed E-state index contributed by atoms with van der Waals surface area (Å²) in [7, 11) is -3.39. The average Bonchev–Trinajstić information content (AvgIpc) is 3.01. The quantitative estimate of drug-likeness (QED) is 0.845. The molecule has 0 aliphatic carbocycles. The molecule has 0 aliphatic heterocycles. The molecule has 0 saturated carbocycles. The number of hydrogen-bond donors (Lipinski definition) is 1. The summed E-state index contributed by atoms with van der Waals surface area (Å²) in [5.41, 5.74) is 2.07. The molecule has 2 aromatic rings. The normalized spacial score (nSPS) is 11.1. The fourth-order valence-corrected chi connectivity index (χ4v) is 2.45. The second kappa shape index (κ2) is 6.48. The maximum Gasteiger partial charge on any atom is 0.225 e. The second-order valence-electron chi connectivity index (χ2n) is 4.54. The topological polar surface area (TPSA) is 107 Å². The van der Waals surface area contributed by atoms with Gasteiger partial charge in [-0.25, -0.2) is 13.1 Å². The van der Waals surface area contributed by atoms with Crippen molar-refractivity contribution in [2.24, 2.45) is 0 Å². The first-order valence-electron chi connectivity index (χ1n) is 6.41. The molecule has 1 heterocycles.